The summed E-state index contributed by atoms with van der Waals surface area (Å²) in [5.41, 5.74) is 2.73. The molecule has 1 saturated heterocycles. The summed E-state index contributed by atoms with van der Waals surface area (Å²) >= 11 is 0. The molecule has 1 aliphatic rings. The fourth-order valence-corrected chi connectivity index (χ4v) is 5.81. The van der Waals surface area contributed by atoms with Gasteiger partial charge in [-0.1, -0.05) is 12.1 Å². The third-order valence-corrected chi connectivity index (χ3v) is 8.39. The SMILES string of the molecule is Br.C[C@H]1CN(C(=O)c2cc3ccc(Oc4ccc(NC(=O)c5ccc(OC(F)(F)F)cc5)cn4)cc3n2C)CCN1Cc1ccc(OC(F)F)cc1. The Balaban J connectivity index is 0.00000523. The Morgan fingerprint density at radius 3 is 2.25 bits per heavy atom. The molecule has 16 heteroatoms. The molecule has 274 valence electrons. The van der Waals surface area contributed by atoms with Crippen LogP contribution in [0.3, 0.4) is 0 Å². The maximum absolute atomic E-state index is 13.7. The van der Waals surface area contributed by atoms with Crippen LogP contribution < -0.4 is 19.5 Å². The van der Waals surface area contributed by atoms with E-state index in [1.807, 2.05) is 35.6 Å². The van der Waals surface area contributed by atoms with E-state index in [0.29, 0.717) is 43.3 Å². The van der Waals surface area contributed by atoms with Crippen LogP contribution in [0.15, 0.2) is 91.1 Å². The minimum Gasteiger partial charge on any atom is -0.439 e. The molecular formula is C36H33BrF5N5O5. The lowest BCUT2D eigenvalue weighted by atomic mass is 10.1. The minimum absolute atomic E-state index is 0. The number of ether oxygens (including phenoxy) is 3. The molecule has 10 nitrogen and oxygen atoms in total. The van der Waals surface area contributed by atoms with Crippen molar-refractivity contribution in [3.8, 4) is 23.1 Å². The number of amides is 2. The molecule has 52 heavy (non-hydrogen) atoms. The van der Waals surface area contributed by atoms with Gasteiger partial charge in [-0.15, -0.1) is 30.2 Å². The lowest BCUT2D eigenvalue weighted by Gasteiger charge is -2.40. The third kappa shape index (κ3) is 9.36. The zero-order chi connectivity index (χ0) is 36.3. The first-order chi connectivity index (χ1) is 24.3. The summed E-state index contributed by atoms with van der Waals surface area (Å²) in [5.74, 6) is -0.251. The second-order valence-electron chi connectivity index (χ2n) is 11.9. The molecule has 3 heterocycles. The molecule has 1 atom stereocenters. The second-order valence-corrected chi connectivity index (χ2v) is 11.9. The maximum atomic E-state index is 13.7. The number of benzene rings is 3. The van der Waals surface area contributed by atoms with Crippen molar-refractivity contribution in [2.24, 2.45) is 7.05 Å². The molecule has 0 radical (unpaired) electrons. The highest BCUT2D eigenvalue weighted by atomic mass is 79.9. The Morgan fingerprint density at radius 2 is 1.62 bits per heavy atom. The van der Waals surface area contributed by atoms with Crippen molar-refractivity contribution >= 4 is 45.4 Å². The number of fused-ring (bicyclic) bond motifs is 1. The van der Waals surface area contributed by atoms with E-state index in [0.717, 1.165) is 28.6 Å². The number of aryl methyl sites for hydroxylation is 1. The average Bonchev–Trinajstić information content (AvgIpc) is 3.41. The summed E-state index contributed by atoms with van der Waals surface area (Å²) in [7, 11) is 1.81. The standard InChI is InChI=1S/C36H32F5N5O5.BrH/c1-22-20-46(16-15-45(22)21-23-3-9-27(10-4-23)50-35(37)38)34(48)31-17-25-7-13-29(18-30(25)44(31)2)49-32-14-8-26(19-42-32)43-33(47)24-5-11-28(12-6-24)51-36(39,40)41;/h3-14,17-19,22,35H,15-16,20-21H2,1-2H3,(H,43,47);1H/t22-;/m0./s1. The van der Waals surface area contributed by atoms with E-state index in [1.54, 1.807) is 36.4 Å². The summed E-state index contributed by atoms with van der Waals surface area (Å²) in [6.07, 6.45) is -3.45. The monoisotopic (exact) mass is 789 g/mol. The quantitative estimate of drug-likeness (QED) is 0.143. The summed E-state index contributed by atoms with van der Waals surface area (Å²) < 4.78 is 78.1. The van der Waals surface area contributed by atoms with Crippen LogP contribution in [0.2, 0.25) is 0 Å². The molecule has 2 aromatic heterocycles. The van der Waals surface area contributed by atoms with Gasteiger partial charge in [0.25, 0.3) is 11.8 Å². The summed E-state index contributed by atoms with van der Waals surface area (Å²) in [4.78, 5) is 34.5. The number of aromatic nitrogens is 2. The van der Waals surface area contributed by atoms with Crippen LogP contribution in [0.4, 0.5) is 27.6 Å². The van der Waals surface area contributed by atoms with Gasteiger partial charge in [-0.2, -0.15) is 8.78 Å². The van der Waals surface area contributed by atoms with Crippen LogP contribution in [0.25, 0.3) is 10.9 Å². The average molecular weight is 791 g/mol. The van der Waals surface area contributed by atoms with Crippen LogP contribution >= 0.6 is 17.0 Å². The molecule has 0 unspecified atom stereocenters. The van der Waals surface area contributed by atoms with Crippen LogP contribution in [-0.2, 0) is 13.6 Å². The Kier molecular flexibility index (Phi) is 11.7. The number of hydrogen-bond donors (Lipinski definition) is 1. The van der Waals surface area contributed by atoms with E-state index in [1.165, 1.54) is 30.5 Å². The lowest BCUT2D eigenvalue weighted by molar-refractivity contribution is -0.274. The molecule has 2 amide bonds. The molecular weight excluding hydrogens is 757 g/mol. The van der Waals surface area contributed by atoms with Crippen molar-refractivity contribution in [2.45, 2.75) is 32.5 Å². The Morgan fingerprint density at radius 1 is 0.923 bits per heavy atom. The van der Waals surface area contributed by atoms with Gasteiger partial charge in [-0.05, 0) is 73.2 Å². The van der Waals surface area contributed by atoms with Crippen molar-refractivity contribution in [2.75, 3.05) is 25.0 Å². The Hall–Kier alpha value is -5.22. The van der Waals surface area contributed by atoms with Crippen molar-refractivity contribution in [1.29, 1.82) is 0 Å². The normalized spacial score (nSPS) is 14.9. The number of carbonyl (C=O) groups excluding carboxylic acids is 2. The fourth-order valence-electron chi connectivity index (χ4n) is 5.81. The molecule has 3 aromatic carbocycles. The van der Waals surface area contributed by atoms with Crippen LogP contribution in [0, 0.1) is 0 Å². The molecule has 0 bridgehead atoms. The van der Waals surface area contributed by atoms with Gasteiger partial charge < -0.3 is 29.0 Å². The molecule has 1 N–H and O–H groups in total. The van der Waals surface area contributed by atoms with E-state index in [-0.39, 0.29) is 46.1 Å². The molecule has 1 fully saturated rings. The second kappa shape index (κ2) is 16.0. The van der Waals surface area contributed by atoms with E-state index < -0.39 is 24.6 Å². The zero-order valence-electron chi connectivity index (χ0n) is 27.8. The molecule has 0 spiro atoms. The number of nitrogens with zero attached hydrogens (tertiary/aromatic N) is 4. The smallest absolute Gasteiger partial charge is 0.439 e. The predicted octanol–water partition coefficient (Wildman–Crippen LogP) is 8.04. The van der Waals surface area contributed by atoms with Crippen molar-refractivity contribution in [3.63, 3.8) is 0 Å². The lowest BCUT2D eigenvalue weighted by Crippen LogP contribution is -2.53. The van der Waals surface area contributed by atoms with Gasteiger partial charge in [0.1, 0.15) is 22.9 Å². The minimum atomic E-state index is -4.83. The van der Waals surface area contributed by atoms with Crippen molar-refractivity contribution in [1.82, 2.24) is 19.4 Å². The molecule has 0 aliphatic carbocycles. The van der Waals surface area contributed by atoms with E-state index in [4.69, 9.17) is 4.74 Å². The van der Waals surface area contributed by atoms with Gasteiger partial charge >= 0.3 is 13.0 Å². The van der Waals surface area contributed by atoms with Crippen molar-refractivity contribution in [3.05, 3.63) is 108 Å². The Bertz CT molecular complexity index is 2010. The highest BCUT2D eigenvalue weighted by Gasteiger charge is 2.31. The number of rotatable bonds is 10. The first-order valence-electron chi connectivity index (χ1n) is 15.8. The molecule has 0 saturated carbocycles. The summed E-state index contributed by atoms with van der Waals surface area (Å²) in [5, 5.41) is 3.47. The topological polar surface area (TPSA) is 98.2 Å². The largest absolute Gasteiger partial charge is 0.573 e. The number of pyridine rings is 1. The van der Waals surface area contributed by atoms with Gasteiger partial charge in [0.2, 0.25) is 5.88 Å². The third-order valence-electron chi connectivity index (χ3n) is 8.39. The van der Waals surface area contributed by atoms with Crippen LogP contribution in [0.1, 0.15) is 33.3 Å². The molecule has 1 aliphatic heterocycles. The fraction of sp³-hybridized carbons (Fsp3) is 0.250. The first kappa shape index (κ1) is 38.0. The molecule has 6 rings (SSSR count). The number of piperazine rings is 1. The van der Waals surface area contributed by atoms with Gasteiger partial charge in [0.05, 0.1) is 17.4 Å². The highest BCUT2D eigenvalue weighted by molar-refractivity contribution is 8.93. The van der Waals surface area contributed by atoms with Gasteiger partial charge in [0.15, 0.2) is 0 Å². The van der Waals surface area contributed by atoms with Crippen molar-refractivity contribution < 1.29 is 45.8 Å². The number of carbonyl (C=O) groups is 2. The number of anilines is 1. The predicted molar refractivity (Wildman–Crippen MR) is 187 cm³/mol. The van der Waals surface area contributed by atoms with E-state index in [9.17, 15) is 31.5 Å². The number of alkyl halides is 5. The van der Waals surface area contributed by atoms with Gasteiger partial charge in [-0.3, -0.25) is 14.5 Å². The zero-order valence-corrected chi connectivity index (χ0v) is 29.5. The van der Waals surface area contributed by atoms with Crippen LogP contribution in [-0.4, -0.2) is 69.8 Å². The highest BCUT2D eigenvalue weighted by Crippen LogP contribution is 2.29. The number of hydrogen-bond acceptors (Lipinski definition) is 7. The van der Waals surface area contributed by atoms with Gasteiger partial charge in [0, 0.05) is 62.4 Å². The number of nitrogens with one attached hydrogen (secondary N) is 1. The summed E-state index contributed by atoms with van der Waals surface area (Å²) in [6.45, 7) is 1.48. The maximum Gasteiger partial charge on any atom is 0.573 e. The van der Waals surface area contributed by atoms with Crippen LogP contribution in [0.5, 0.6) is 23.1 Å². The number of halogens is 6. The van der Waals surface area contributed by atoms with Gasteiger partial charge in [-0.25, -0.2) is 4.98 Å². The first-order valence-corrected chi connectivity index (χ1v) is 15.8. The van der Waals surface area contributed by atoms with E-state index >= 15 is 0 Å². The Labute approximate surface area is 305 Å². The summed E-state index contributed by atoms with van der Waals surface area (Å²) in [6, 6.07) is 21.5. The van der Waals surface area contributed by atoms with E-state index in [2.05, 4.69) is 24.7 Å². The molecule has 5 aromatic rings.